The molecule has 248 valence electrons. The minimum atomic E-state index is -4.08. The number of methoxy groups -OCH3 is 2. The van der Waals surface area contributed by atoms with Crippen molar-refractivity contribution in [3.05, 3.63) is 25.3 Å². The molecule has 6 atom stereocenters. The van der Waals surface area contributed by atoms with Crippen molar-refractivity contribution in [1.29, 1.82) is 0 Å². The molecule has 0 aromatic heterocycles. The molecule has 0 aliphatic carbocycles. The summed E-state index contributed by atoms with van der Waals surface area (Å²) in [5, 5.41) is -0.0773. The molecule has 0 bridgehead atoms. The Balaban J connectivity index is 3.24. The average Bonchev–Trinajstić information content (AvgIpc) is 2.93. The second-order valence-electron chi connectivity index (χ2n) is 12.3. The minimum absolute atomic E-state index is 0.0423. The van der Waals surface area contributed by atoms with Crippen molar-refractivity contribution >= 4 is 16.1 Å². The van der Waals surface area contributed by atoms with Crippen LogP contribution in [0.2, 0.25) is 18.1 Å². The molecular weight excluding hydrogens is 577 g/mol. The number of phosphoric ester groups is 1. The van der Waals surface area contributed by atoms with Gasteiger partial charge in [-0.3, -0.25) is 13.6 Å². The number of unbranched alkanes of at least 4 members (excludes halogenated alkanes) is 4. The molecule has 42 heavy (non-hydrogen) atoms. The summed E-state index contributed by atoms with van der Waals surface area (Å²) >= 11 is 0. The van der Waals surface area contributed by atoms with E-state index < -0.39 is 46.8 Å². The van der Waals surface area contributed by atoms with Crippen LogP contribution in [-0.2, 0) is 41.5 Å². The van der Waals surface area contributed by atoms with Gasteiger partial charge in [-0.2, -0.15) is 0 Å². The summed E-state index contributed by atoms with van der Waals surface area (Å²) in [6, 6.07) is -0.750. The third-order valence-electron chi connectivity index (χ3n) is 7.91. The van der Waals surface area contributed by atoms with Crippen LogP contribution in [-0.4, -0.2) is 85.7 Å². The first-order chi connectivity index (χ1) is 19.8. The van der Waals surface area contributed by atoms with Crippen molar-refractivity contribution < 1.29 is 41.5 Å². The molecule has 0 spiro atoms. The third-order valence-corrected chi connectivity index (χ3v) is 13.8. The van der Waals surface area contributed by atoms with Crippen LogP contribution in [0.5, 0.6) is 0 Å². The van der Waals surface area contributed by atoms with Crippen LogP contribution in [0.3, 0.4) is 0 Å². The van der Waals surface area contributed by atoms with Gasteiger partial charge in [0.1, 0.15) is 18.3 Å². The van der Waals surface area contributed by atoms with Crippen molar-refractivity contribution in [2.45, 2.75) is 128 Å². The van der Waals surface area contributed by atoms with Gasteiger partial charge in [0, 0.05) is 20.8 Å². The third kappa shape index (κ3) is 13.3. The largest absolute Gasteiger partial charge is 0.475 e. The number of rotatable bonds is 23. The summed E-state index contributed by atoms with van der Waals surface area (Å²) in [6.07, 6.45) is 7.38. The van der Waals surface area contributed by atoms with E-state index in [1.165, 1.54) is 37.8 Å². The molecule has 12 heteroatoms. The van der Waals surface area contributed by atoms with Crippen molar-refractivity contribution in [2.24, 2.45) is 5.73 Å². The van der Waals surface area contributed by atoms with Gasteiger partial charge < -0.3 is 29.1 Å². The molecule has 1 saturated heterocycles. The van der Waals surface area contributed by atoms with Crippen LogP contribution in [0.25, 0.3) is 0 Å². The summed E-state index contributed by atoms with van der Waals surface area (Å²) in [6.45, 7) is 20.6. The highest BCUT2D eigenvalue weighted by atomic mass is 31.2. The van der Waals surface area contributed by atoms with Gasteiger partial charge in [-0.1, -0.05) is 72.0 Å². The topological polar surface area (TPSA) is 117 Å². The Kier molecular flexibility index (Phi) is 18.7. The van der Waals surface area contributed by atoms with Gasteiger partial charge in [-0.15, -0.1) is 13.2 Å². The molecule has 0 amide bonds. The maximum absolute atomic E-state index is 13.7. The van der Waals surface area contributed by atoms with Gasteiger partial charge in [0.15, 0.2) is 14.6 Å². The van der Waals surface area contributed by atoms with Crippen LogP contribution in [0.15, 0.2) is 25.3 Å². The Morgan fingerprint density at radius 1 is 1.00 bits per heavy atom. The van der Waals surface area contributed by atoms with E-state index in [0.29, 0.717) is 13.0 Å². The second kappa shape index (κ2) is 19.8. The molecule has 1 aliphatic rings. The maximum Gasteiger partial charge on any atom is 0.475 e. The maximum atomic E-state index is 13.7. The first kappa shape index (κ1) is 39.6. The Morgan fingerprint density at radius 3 is 2.14 bits per heavy atom. The Labute approximate surface area is 256 Å². The van der Waals surface area contributed by atoms with Gasteiger partial charge in [-0.25, -0.2) is 4.57 Å². The van der Waals surface area contributed by atoms with Gasteiger partial charge in [-0.05, 0) is 31.0 Å². The molecule has 10 nitrogen and oxygen atoms in total. The van der Waals surface area contributed by atoms with Gasteiger partial charge in [0.2, 0.25) is 0 Å². The minimum Gasteiger partial charge on any atom is -0.391 e. The number of phosphoric acid groups is 1. The van der Waals surface area contributed by atoms with Gasteiger partial charge >= 0.3 is 7.82 Å². The lowest BCUT2D eigenvalue weighted by Gasteiger charge is -2.48. The van der Waals surface area contributed by atoms with Crippen LogP contribution in [0.1, 0.15) is 72.6 Å². The second-order valence-corrected chi connectivity index (χ2v) is 18.7. The molecule has 0 saturated carbocycles. The van der Waals surface area contributed by atoms with Crippen molar-refractivity contribution in [3.8, 4) is 0 Å². The standard InChI is InChI=1S/C30H60NO9PSi/c1-11-14-15-16-17-18-24(34-8)19-22-35-28-26(31)29(40-42(9,10)30(4,5)6)38-25(23-33-7)27(28)39-41(32,36-20-12-2)37-21-13-3/h12-13,24-29H,2-3,11,14-23,31H2,1,4-10H3/t24-,25-,26-,27-,28-,29+/m1/s1. The van der Waals surface area contributed by atoms with Crippen LogP contribution < -0.4 is 5.73 Å². The van der Waals surface area contributed by atoms with Crippen LogP contribution >= 0.6 is 7.82 Å². The van der Waals surface area contributed by atoms with E-state index in [2.05, 4.69) is 53.9 Å². The lowest BCUT2D eigenvalue weighted by atomic mass is 9.97. The summed E-state index contributed by atoms with van der Waals surface area (Å²) in [5.74, 6) is 0. The molecule has 0 aromatic carbocycles. The number of ether oxygens (including phenoxy) is 4. The fourth-order valence-corrected chi connectivity index (χ4v) is 6.83. The predicted octanol–water partition coefficient (Wildman–Crippen LogP) is 6.76. The molecule has 2 N–H and O–H groups in total. The summed E-state index contributed by atoms with van der Waals surface area (Å²) in [5.41, 5.74) is 6.81. The lowest BCUT2D eigenvalue weighted by Crippen LogP contribution is -2.66. The normalized spacial score (nSPS) is 24.5. The number of hydrogen-bond donors (Lipinski definition) is 1. The highest BCUT2D eigenvalue weighted by molar-refractivity contribution is 7.48. The zero-order chi connectivity index (χ0) is 31.8. The Bertz CT molecular complexity index is 794. The highest BCUT2D eigenvalue weighted by Crippen LogP contribution is 2.52. The number of nitrogens with two attached hydrogens (primary N) is 1. The van der Waals surface area contributed by atoms with Crippen LogP contribution in [0, 0.1) is 0 Å². The highest BCUT2D eigenvalue weighted by Gasteiger charge is 2.52. The predicted molar refractivity (Wildman–Crippen MR) is 170 cm³/mol. The summed E-state index contributed by atoms with van der Waals surface area (Å²) in [4.78, 5) is 0. The molecule has 0 unspecified atom stereocenters. The first-order valence-electron chi connectivity index (χ1n) is 15.3. The average molecular weight is 638 g/mol. The molecule has 1 fully saturated rings. The van der Waals surface area contributed by atoms with Crippen molar-refractivity contribution in [2.75, 3.05) is 40.6 Å². The SMILES string of the molecule is C=CCOP(=O)(OCC=C)O[C@H]1[C@H](OCC[C@@H](CCCCCCC)OC)[C@@H](N)[C@H](O[Si](C)(C)C(C)(C)C)O[C@@H]1COC. The molecule has 1 heterocycles. The number of hydrogen-bond acceptors (Lipinski definition) is 10. The van der Waals surface area contributed by atoms with Crippen molar-refractivity contribution in [1.82, 2.24) is 0 Å². The fraction of sp³-hybridized carbons (Fsp3) is 0.867. The zero-order valence-electron chi connectivity index (χ0n) is 27.5. The molecule has 1 aliphatic heterocycles. The Hall–Kier alpha value is -0.433. The molecule has 0 radical (unpaired) electrons. The molecular formula is C30H60NO9PSi. The van der Waals surface area contributed by atoms with E-state index in [-0.39, 0.29) is 31.0 Å². The monoisotopic (exact) mass is 637 g/mol. The first-order valence-corrected chi connectivity index (χ1v) is 19.7. The summed E-state index contributed by atoms with van der Waals surface area (Å²) < 4.78 is 61.4. The fourth-order valence-electron chi connectivity index (χ4n) is 4.36. The molecule has 1 rings (SSSR count). The zero-order valence-corrected chi connectivity index (χ0v) is 29.4. The lowest BCUT2D eigenvalue weighted by molar-refractivity contribution is -0.251. The van der Waals surface area contributed by atoms with Gasteiger partial charge in [0.25, 0.3) is 0 Å². The smallest absolute Gasteiger partial charge is 0.391 e. The van der Waals surface area contributed by atoms with Crippen molar-refractivity contribution in [3.63, 3.8) is 0 Å². The van der Waals surface area contributed by atoms with E-state index in [0.717, 1.165) is 12.8 Å². The quantitative estimate of drug-likeness (QED) is 0.0558. The summed E-state index contributed by atoms with van der Waals surface area (Å²) in [7, 11) is -3.09. The van der Waals surface area contributed by atoms with E-state index in [4.69, 9.17) is 42.7 Å². The van der Waals surface area contributed by atoms with Crippen LogP contribution in [0.4, 0.5) is 0 Å². The molecule has 0 aromatic rings. The van der Waals surface area contributed by atoms with Gasteiger partial charge in [0.05, 0.1) is 32.0 Å². The Morgan fingerprint density at radius 2 is 1.62 bits per heavy atom. The van der Waals surface area contributed by atoms with E-state index in [9.17, 15) is 4.57 Å². The van der Waals surface area contributed by atoms with E-state index in [1.807, 2.05) is 0 Å². The van der Waals surface area contributed by atoms with E-state index >= 15 is 0 Å². The van der Waals surface area contributed by atoms with E-state index in [1.54, 1.807) is 14.2 Å².